The molecule has 1 fully saturated rings. The first kappa shape index (κ1) is 16.4. The SMILES string of the molecule is CC(CNC(=O)Cc1cccc(F)c1F)N1CCCCC1=O. The van der Waals surface area contributed by atoms with Crippen molar-refractivity contribution in [1.29, 1.82) is 0 Å². The van der Waals surface area contributed by atoms with Crippen molar-refractivity contribution in [2.24, 2.45) is 0 Å². The van der Waals surface area contributed by atoms with E-state index in [1.165, 1.54) is 12.1 Å². The van der Waals surface area contributed by atoms with Crippen LogP contribution < -0.4 is 5.32 Å². The molecule has 4 nitrogen and oxygen atoms in total. The molecule has 0 spiro atoms. The van der Waals surface area contributed by atoms with E-state index in [0.717, 1.165) is 18.9 Å². The van der Waals surface area contributed by atoms with E-state index in [4.69, 9.17) is 0 Å². The summed E-state index contributed by atoms with van der Waals surface area (Å²) in [7, 11) is 0. The van der Waals surface area contributed by atoms with Gasteiger partial charge in [-0.2, -0.15) is 0 Å². The van der Waals surface area contributed by atoms with Crippen LogP contribution in [0.3, 0.4) is 0 Å². The number of halogens is 2. The van der Waals surface area contributed by atoms with Gasteiger partial charge >= 0.3 is 0 Å². The molecule has 1 N–H and O–H groups in total. The largest absolute Gasteiger partial charge is 0.354 e. The molecule has 1 saturated heterocycles. The fourth-order valence-corrected chi connectivity index (χ4v) is 2.59. The third kappa shape index (κ3) is 4.02. The van der Waals surface area contributed by atoms with Gasteiger partial charge in [0.2, 0.25) is 11.8 Å². The van der Waals surface area contributed by atoms with E-state index in [1.807, 2.05) is 6.92 Å². The minimum absolute atomic E-state index is 0.0270. The highest BCUT2D eigenvalue weighted by molar-refractivity contribution is 5.79. The maximum Gasteiger partial charge on any atom is 0.224 e. The van der Waals surface area contributed by atoms with Gasteiger partial charge in [-0.25, -0.2) is 8.78 Å². The monoisotopic (exact) mass is 310 g/mol. The summed E-state index contributed by atoms with van der Waals surface area (Å²) in [5.74, 6) is -2.24. The summed E-state index contributed by atoms with van der Waals surface area (Å²) in [6.45, 7) is 2.88. The molecule has 2 amide bonds. The van der Waals surface area contributed by atoms with E-state index >= 15 is 0 Å². The average molecular weight is 310 g/mol. The molecule has 22 heavy (non-hydrogen) atoms. The Kier molecular flexibility index (Phi) is 5.46. The number of amides is 2. The van der Waals surface area contributed by atoms with Crippen molar-refractivity contribution in [3.63, 3.8) is 0 Å². The topological polar surface area (TPSA) is 49.4 Å². The molecule has 0 radical (unpaired) electrons. The molecule has 1 atom stereocenters. The number of rotatable bonds is 5. The highest BCUT2D eigenvalue weighted by Gasteiger charge is 2.23. The zero-order valence-electron chi connectivity index (χ0n) is 12.6. The molecule has 0 aliphatic carbocycles. The van der Waals surface area contributed by atoms with Gasteiger partial charge in [-0.05, 0) is 25.8 Å². The Morgan fingerprint density at radius 2 is 2.14 bits per heavy atom. The number of likely N-dealkylation sites (tertiary alicyclic amines) is 1. The molecule has 1 aromatic rings. The summed E-state index contributed by atoms with van der Waals surface area (Å²) in [4.78, 5) is 25.4. The lowest BCUT2D eigenvalue weighted by atomic mass is 10.1. The summed E-state index contributed by atoms with van der Waals surface area (Å²) in [6, 6.07) is 3.67. The van der Waals surface area contributed by atoms with E-state index in [9.17, 15) is 18.4 Å². The van der Waals surface area contributed by atoms with Crippen molar-refractivity contribution < 1.29 is 18.4 Å². The Balaban J connectivity index is 1.84. The molecule has 0 aromatic heterocycles. The van der Waals surface area contributed by atoms with Crippen molar-refractivity contribution in [3.05, 3.63) is 35.4 Å². The van der Waals surface area contributed by atoms with Crippen molar-refractivity contribution in [3.8, 4) is 0 Å². The zero-order chi connectivity index (χ0) is 16.1. The van der Waals surface area contributed by atoms with Gasteiger partial charge in [-0.1, -0.05) is 12.1 Å². The number of benzene rings is 1. The normalized spacial score (nSPS) is 16.5. The summed E-state index contributed by atoms with van der Waals surface area (Å²) < 4.78 is 26.6. The quantitative estimate of drug-likeness (QED) is 0.904. The number of carbonyl (C=O) groups excluding carboxylic acids is 2. The molecule has 1 aliphatic heterocycles. The van der Waals surface area contributed by atoms with Crippen molar-refractivity contribution in [2.45, 2.75) is 38.6 Å². The lowest BCUT2D eigenvalue weighted by molar-refractivity contribution is -0.135. The van der Waals surface area contributed by atoms with Gasteiger partial charge in [-0.15, -0.1) is 0 Å². The van der Waals surface area contributed by atoms with E-state index in [2.05, 4.69) is 5.32 Å². The fourth-order valence-electron chi connectivity index (χ4n) is 2.59. The van der Waals surface area contributed by atoms with Gasteiger partial charge in [0.15, 0.2) is 11.6 Å². The number of nitrogens with one attached hydrogen (secondary N) is 1. The maximum atomic E-state index is 13.5. The highest BCUT2D eigenvalue weighted by Crippen LogP contribution is 2.14. The first-order valence-corrected chi connectivity index (χ1v) is 7.48. The van der Waals surface area contributed by atoms with Crippen LogP contribution in [0.1, 0.15) is 31.7 Å². The van der Waals surface area contributed by atoms with E-state index in [-0.39, 0.29) is 29.8 Å². The van der Waals surface area contributed by atoms with E-state index in [1.54, 1.807) is 4.90 Å². The molecule has 1 aromatic carbocycles. The van der Waals surface area contributed by atoms with Crippen LogP contribution in [0.5, 0.6) is 0 Å². The Hall–Kier alpha value is -1.98. The number of nitrogens with zero attached hydrogens (tertiary/aromatic N) is 1. The molecule has 1 unspecified atom stereocenters. The summed E-state index contributed by atoms with van der Waals surface area (Å²) in [5.41, 5.74) is 0.0270. The second-order valence-electron chi connectivity index (χ2n) is 5.59. The van der Waals surface area contributed by atoms with Crippen LogP contribution in [0.2, 0.25) is 0 Å². The minimum atomic E-state index is -0.989. The Labute approximate surface area is 128 Å². The van der Waals surface area contributed by atoms with Gasteiger partial charge in [0.25, 0.3) is 0 Å². The Morgan fingerprint density at radius 1 is 1.36 bits per heavy atom. The predicted molar refractivity (Wildman–Crippen MR) is 78.1 cm³/mol. The molecule has 0 saturated carbocycles. The Morgan fingerprint density at radius 3 is 2.86 bits per heavy atom. The lowest BCUT2D eigenvalue weighted by Gasteiger charge is -2.32. The Bertz CT molecular complexity index is 563. The van der Waals surface area contributed by atoms with Crippen LogP contribution in [0, 0.1) is 11.6 Å². The minimum Gasteiger partial charge on any atom is -0.354 e. The molecule has 1 aliphatic rings. The van der Waals surface area contributed by atoms with Gasteiger partial charge in [0.05, 0.1) is 6.42 Å². The lowest BCUT2D eigenvalue weighted by Crippen LogP contribution is -2.47. The van der Waals surface area contributed by atoms with Crippen molar-refractivity contribution in [2.75, 3.05) is 13.1 Å². The maximum absolute atomic E-state index is 13.5. The van der Waals surface area contributed by atoms with E-state index < -0.39 is 11.6 Å². The summed E-state index contributed by atoms with van der Waals surface area (Å²) in [5, 5.41) is 2.67. The standard InChI is InChI=1S/C16H20F2N2O2/c1-11(20-8-3-2-7-15(20)22)10-19-14(21)9-12-5-4-6-13(17)16(12)18/h4-6,11H,2-3,7-10H2,1H3,(H,19,21). The van der Waals surface area contributed by atoms with Crippen LogP contribution in [0.25, 0.3) is 0 Å². The second-order valence-corrected chi connectivity index (χ2v) is 5.59. The number of piperidine rings is 1. The van der Waals surface area contributed by atoms with Crippen LogP contribution in [0.4, 0.5) is 8.78 Å². The first-order valence-electron chi connectivity index (χ1n) is 7.48. The van der Waals surface area contributed by atoms with Gasteiger partial charge in [0.1, 0.15) is 0 Å². The zero-order valence-corrected chi connectivity index (χ0v) is 12.6. The number of hydrogen-bond acceptors (Lipinski definition) is 2. The van der Waals surface area contributed by atoms with Gasteiger partial charge in [0, 0.05) is 31.1 Å². The molecule has 1 heterocycles. The first-order chi connectivity index (χ1) is 10.5. The molecule has 6 heteroatoms. The van der Waals surface area contributed by atoms with Crippen LogP contribution in [-0.2, 0) is 16.0 Å². The predicted octanol–water partition coefficient (Wildman–Crippen LogP) is 2.02. The van der Waals surface area contributed by atoms with Crippen molar-refractivity contribution in [1.82, 2.24) is 10.2 Å². The molecular formula is C16H20F2N2O2. The second kappa shape index (κ2) is 7.33. The smallest absolute Gasteiger partial charge is 0.224 e. The van der Waals surface area contributed by atoms with Gasteiger partial charge < -0.3 is 10.2 Å². The number of hydrogen-bond donors (Lipinski definition) is 1. The summed E-state index contributed by atoms with van der Waals surface area (Å²) >= 11 is 0. The third-order valence-electron chi connectivity index (χ3n) is 3.87. The number of carbonyl (C=O) groups is 2. The van der Waals surface area contributed by atoms with Gasteiger partial charge in [-0.3, -0.25) is 9.59 Å². The van der Waals surface area contributed by atoms with Crippen molar-refractivity contribution >= 4 is 11.8 Å². The third-order valence-corrected chi connectivity index (χ3v) is 3.87. The highest BCUT2D eigenvalue weighted by atomic mass is 19.2. The fraction of sp³-hybridized carbons (Fsp3) is 0.500. The van der Waals surface area contributed by atoms with E-state index in [0.29, 0.717) is 19.5 Å². The average Bonchev–Trinajstić information content (AvgIpc) is 2.50. The molecule has 0 bridgehead atoms. The van der Waals surface area contributed by atoms with Crippen LogP contribution in [0.15, 0.2) is 18.2 Å². The molecule has 120 valence electrons. The molecule has 2 rings (SSSR count). The van der Waals surface area contributed by atoms with Crippen LogP contribution in [-0.4, -0.2) is 35.8 Å². The molecular weight excluding hydrogens is 290 g/mol. The van der Waals surface area contributed by atoms with Crippen LogP contribution >= 0.6 is 0 Å². The summed E-state index contributed by atoms with van der Waals surface area (Å²) in [6.07, 6.45) is 2.21.